The molecule has 0 unspecified atom stereocenters. The molecule has 78 valence electrons. The highest BCUT2D eigenvalue weighted by atomic mass is 16.2. The number of piperazine rings is 2. The topological polar surface area (TPSA) is 35.6 Å². The van der Waals surface area contributed by atoms with Crippen molar-refractivity contribution in [3.63, 3.8) is 0 Å². The van der Waals surface area contributed by atoms with E-state index in [1.165, 1.54) is 12.8 Å². The number of nitrogens with zero attached hydrogens (tertiary/aromatic N) is 2. The fourth-order valence-corrected chi connectivity index (χ4v) is 2.54. The van der Waals surface area contributed by atoms with E-state index in [-0.39, 0.29) is 6.04 Å². The van der Waals surface area contributed by atoms with Crippen LogP contribution in [0.2, 0.25) is 0 Å². The molecule has 4 nitrogen and oxygen atoms in total. The predicted molar refractivity (Wildman–Crippen MR) is 53.0 cm³/mol. The molecule has 2 heterocycles. The molecule has 3 fully saturated rings. The lowest BCUT2D eigenvalue weighted by atomic mass is 10.1. The smallest absolute Gasteiger partial charge is 0.241 e. The first-order valence-corrected chi connectivity index (χ1v) is 5.61. The first-order valence-electron chi connectivity index (χ1n) is 5.61. The largest absolute Gasteiger partial charge is 0.337 e. The summed E-state index contributed by atoms with van der Waals surface area (Å²) >= 11 is 0. The molecule has 0 aromatic rings. The average molecular weight is 195 g/mol. The second kappa shape index (κ2) is 3.21. The van der Waals surface area contributed by atoms with Crippen LogP contribution in [0.5, 0.6) is 0 Å². The Morgan fingerprint density at radius 3 is 2.86 bits per heavy atom. The molecular formula is C10H17N3O. The molecule has 2 aliphatic heterocycles. The minimum Gasteiger partial charge on any atom is -0.337 e. The van der Waals surface area contributed by atoms with Crippen molar-refractivity contribution in [3.05, 3.63) is 0 Å². The van der Waals surface area contributed by atoms with Gasteiger partial charge in [0.25, 0.3) is 0 Å². The van der Waals surface area contributed by atoms with E-state index < -0.39 is 0 Å². The van der Waals surface area contributed by atoms with Crippen LogP contribution < -0.4 is 5.32 Å². The number of nitrogens with one attached hydrogen (secondary N) is 1. The predicted octanol–water partition coefficient (Wildman–Crippen LogP) is -0.735. The first kappa shape index (κ1) is 8.68. The molecule has 14 heavy (non-hydrogen) atoms. The zero-order valence-corrected chi connectivity index (χ0v) is 8.41. The van der Waals surface area contributed by atoms with Crippen molar-refractivity contribution < 1.29 is 4.79 Å². The molecule has 1 saturated carbocycles. The lowest BCUT2D eigenvalue weighted by Crippen LogP contribution is -2.64. The van der Waals surface area contributed by atoms with Gasteiger partial charge >= 0.3 is 0 Å². The fraction of sp³-hybridized carbons (Fsp3) is 0.900. The van der Waals surface area contributed by atoms with Gasteiger partial charge in [-0.15, -0.1) is 0 Å². The number of carbonyl (C=O) groups is 1. The standard InChI is InChI=1S/C10H17N3O/c14-10-9-7-11-3-4-12(9)5-6-13(10)8-1-2-8/h8-9,11H,1-7H2/t9-/m0/s1. The van der Waals surface area contributed by atoms with Gasteiger partial charge in [0.05, 0.1) is 0 Å². The molecule has 0 radical (unpaired) electrons. The van der Waals surface area contributed by atoms with Gasteiger partial charge < -0.3 is 10.2 Å². The van der Waals surface area contributed by atoms with Gasteiger partial charge in [0.1, 0.15) is 6.04 Å². The van der Waals surface area contributed by atoms with Crippen LogP contribution in [-0.2, 0) is 4.79 Å². The number of rotatable bonds is 1. The maximum Gasteiger partial charge on any atom is 0.241 e. The Hall–Kier alpha value is -0.610. The summed E-state index contributed by atoms with van der Waals surface area (Å²) in [5.41, 5.74) is 0. The van der Waals surface area contributed by atoms with Crippen molar-refractivity contribution in [2.24, 2.45) is 0 Å². The molecule has 3 rings (SSSR count). The SMILES string of the molecule is O=C1[C@@H]2CNCCN2CCN1C1CC1. The highest BCUT2D eigenvalue weighted by Gasteiger charge is 2.41. The van der Waals surface area contributed by atoms with E-state index in [2.05, 4.69) is 15.1 Å². The second-order valence-corrected chi connectivity index (χ2v) is 4.52. The number of fused-ring (bicyclic) bond motifs is 1. The first-order chi connectivity index (χ1) is 6.86. The van der Waals surface area contributed by atoms with Crippen molar-refractivity contribution in [2.45, 2.75) is 24.9 Å². The molecule has 0 spiro atoms. The molecular weight excluding hydrogens is 178 g/mol. The van der Waals surface area contributed by atoms with E-state index in [0.29, 0.717) is 11.9 Å². The Kier molecular flexibility index (Phi) is 1.99. The summed E-state index contributed by atoms with van der Waals surface area (Å²) < 4.78 is 0. The molecule has 0 bridgehead atoms. The molecule has 3 aliphatic rings. The van der Waals surface area contributed by atoms with Crippen LogP contribution in [0.25, 0.3) is 0 Å². The lowest BCUT2D eigenvalue weighted by Gasteiger charge is -2.43. The molecule has 1 atom stereocenters. The third-order valence-electron chi connectivity index (χ3n) is 3.54. The number of hydrogen-bond acceptors (Lipinski definition) is 3. The summed E-state index contributed by atoms with van der Waals surface area (Å²) in [7, 11) is 0. The quantitative estimate of drug-likeness (QED) is 0.599. The summed E-state index contributed by atoms with van der Waals surface area (Å²) in [5, 5.41) is 3.31. The van der Waals surface area contributed by atoms with Crippen molar-refractivity contribution in [3.8, 4) is 0 Å². The highest BCUT2D eigenvalue weighted by Crippen LogP contribution is 2.29. The Balaban J connectivity index is 1.73. The Morgan fingerprint density at radius 2 is 2.07 bits per heavy atom. The van der Waals surface area contributed by atoms with E-state index in [4.69, 9.17) is 0 Å². The van der Waals surface area contributed by atoms with Crippen molar-refractivity contribution >= 4 is 5.91 Å². The lowest BCUT2D eigenvalue weighted by molar-refractivity contribution is -0.143. The maximum atomic E-state index is 12.1. The van der Waals surface area contributed by atoms with Crippen LogP contribution in [0.4, 0.5) is 0 Å². The van der Waals surface area contributed by atoms with E-state index >= 15 is 0 Å². The van der Waals surface area contributed by atoms with E-state index in [1.54, 1.807) is 0 Å². The van der Waals surface area contributed by atoms with Crippen LogP contribution in [-0.4, -0.2) is 60.5 Å². The highest BCUT2D eigenvalue weighted by molar-refractivity contribution is 5.83. The molecule has 0 aromatic carbocycles. The van der Waals surface area contributed by atoms with Gasteiger partial charge in [-0.05, 0) is 12.8 Å². The average Bonchev–Trinajstić information content (AvgIpc) is 3.03. The van der Waals surface area contributed by atoms with Crippen LogP contribution in [0.3, 0.4) is 0 Å². The van der Waals surface area contributed by atoms with Gasteiger partial charge in [0.2, 0.25) is 5.91 Å². The van der Waals surface area contributed by atoms with E-state index in [9.17, 15) is 4.79 Å². The van der Waals surface area contributed by atoms with Gasteiger partial charge in [-0.2, -0.15) is 0 Å². The third kappa shape index (κ3) is 1.33. The molecule has 1 amide bonds. The van der Waals surface area contributed by atoms with Crippen molar-refractivity contribution in [1.29, 1.82) is 0 Å². The van der Waals surface area contributed by atoms with E-state index in [0.717, 1.165) is 32.7 Å². The molecule has 2 saturated heterocycles. The van der Waals surface area contributed by atoms with Gasteiger partial charge in [-0.25, -0.2) is 0 Å². The van der Waals surface area contributed by atoms with E-state index in [1.807, 2.05) is 0 Å². The summed E-state index contributed by atoms with van der Waals surface area (Å²) in [5.74, 6) is 0.367. The monoisotopic (exact) mass is 195 g/mol. The second-order valence-electron chi connectivity index (χ2n) is 4.52. The zero-order valence-electron chi connectivity index (χ0n) is 8.41. The van der Waals surface area contributed by atoms with Crippen LogP contribution in [0.1, 0.15) is 12.8 Å². The van der Waals surface area contributed by atoms with Crippen molar-refractivity contribution in [1.82, 2.24) is 15.1 Å². The Labute approximate surface area is 84.2 Å². The summed E-state index contributed by atoms with van der Waals surface area (Å²) in [6.45, 7) is 4.96. The maximum absolute atomic E-state index is 12.1. The molecule has 4 heteroatoms. The summed E-state index contributed by atoms with van der Waals surface area (Å²) in [4.78, 5) is 16.5. The molecule has 0 aromatic heterocycles. The normalized spacial score (nSPS) is 34.4. The third-order valence-corrected chi connectivity index (χ3v) is 3.54. The van der Waals surface area contributed by atoms with Crippen molar-refractivity contribution in [2.75, 3.05) is 32.7 Å². The minimum atomic E-state index is 0.137. The van der Waals surface area contributed by atoms with Gasteiger partial charge in [0.15, 0.2) is 0 Å². The van der Waals surface area contributed by atoms with Gasteiger partial charge in [-0.1, -0.05) is 0 Å². The minimum absolute atomic E-state index is 0.137. The number of carbonyl (C=O) groups excluding carboxylic acids is 1. The fourth-order valence-electron chi connectivity index (χ4n) is 2.54. The Bertz CT molecular complexity index is 252. The van der Waals surface area contributed by atoms with Crippen LogP contribution in [0.15, 0.2) is 0 Å². The molecule has 1 aliphatic carbocycles. The Morgan fingerprint density at radius 1 is 1.21 bits per heavy atom. The van der Waals surface area contributed by atoms with Crippen LogP contribution >= 0.6 is 0 Å². The van der Waals surface area contributed by atoms with Gasteiger partial charge in [0, 0.05) is 38.8 Å². The summed E-state index contributed by atoms with van der Waals surface area (Å²) in [6.07, 6.45) is 2.46. The van der Waals surface area contributed by atoms with Crippen LogP contribution in [0, 0.1) is 0 Å². The number of hydrogen-bond donors (Lipinski definition) is 1. The van der Waals surface area contributed by atoms with Gasteiger partial charge in [-0.3, -0.25) is 9.69 Å². The summed E-state index contributed by atoms with van der Waals surface area (Å²) in [6, 6.07) is 0.727. The molecule has 1 N–H and O–H groups in total. The number of amides is 1. The zero-order chi connectivity index (χ0) is 9.54.